The van der Waals surface area contributed by atoms with Crippen molar-refractivity contribution in [3.8, 4) is 17.1 Å². The fraction of sp³-hybridized carbons (Fsp3) is 0.364. The van der Waals surface area contributed by atoms with Gasteiger partial charge in [0.1, 0.15) is 0 Å². The molecule has 3 aromatic rings. The van der Waals surface area contributed by atoms with E-state index in [2.05, 4.69) is 18.2 Å². The molecule has 1 unspecified atom stereocenters. The van der Waals surface area contributed by atoms with Crippen LogP contribution in [0.5, 0.6) is 0 Å². The highest BCUT2D eigenvalue weighted by Gasteiger charge is 2.31. The first-order chi connectivity index (χ1) is 14.7. The Bertz CT molecular complexity index is 1300. The van der Waals surface area contributed by atoms with Crippen molar-refractivity contribution in [2.75, 3.05) is 18.6 Å². The van der Waals surface area contributed by atoms with Gasteiger partial charge in [0.05, 0.1) is 28.9 Å². The van der Waals surface area contributed by atoms with E-state index in [0.717, 1.165) is 22.4 Å². The maximum Gasteiger partial charge on any atom is 0.204 e. The van der Waals surface area contributed by atoms with Crippen molar-refractivity contribution in [2.45, 2.75) is 33.0 Å². The summed E-state index contributed by atoms with van der Waals surface area (Å²) in [6.07, 6.45) is 0.626. The molecular weight excluding hydrogens is 452 g/mol. The lowest BCUT2D eigenvalue weighted by atomic mass is 10.1. The molecule has 31 heavy (non-hydrogen) atoms. The van der Waals surface area contributed by atoms with E-state index in [1.54, 1.807) is 4.68 Å². The van der Waals surface area contributed by atoms with Crippen LogP contribution in [0.25, 0.3) is 17.1 Å². The van der Waals surface area contributed by atoms with Crippen LogP contribution >= 0.6 is 23.8 Å². The van der Waals surface area contributed by atoms with E-state index in [0.29, 0.717) is 28.7 Å². The topological polar surface area (TPSA) is 60.1 Å². The highest BCUT2D eigenvalue weighted by atomic mass is 35.5. The molecule has 0 spiro atoms. The average molecular weight is 477 g/mol. The van der Waals surface area contributed by atoms with Gasteiger partial charge in [-0.25, -0.2) is 13.1 Å². The van der Waals surface area contributed by atoms with Gasteiger partial charge in [-0.15, -0.1) is 5.10 Å². The van der Waals surface area contributed by atoms with Crippen LogP contribution in [0, 0.1) is 18.6 Å². The van der Waals surface area contributed by atoms with E-state index in [-0.39, 0.29) is 17.5 Å². The van der Waals surface area contributed by atoms with Gasteiger partial charge in [-0.2, -0.15) is 0 Å². The molecule has 1 atom stereocenters. The summed E-state index contributed by atoms with van der Waals surface area (Å²) >= 11 is 12.4. The first kappa shape index (κ1) is 22.2. The van der Waals surface area contributed by atoms with Crippen molar-refractivity contribution in [1.29, 1.82) is 0 Å². The minimum absolute atomic E-state index is 0.0403. The van der Waals surface area contributed by atoms with E-state index in [1.165, 1.54) is 0 Å². The zero-order chi connectivity index (χ0) is 22.3. The van der Waals surface area contributed by atoms with E-state index in [1.807, 2.05) is 54.6 Å². The van der Waals surface area contributed by atoms with Gasteiger partial charge >= 0.3 is 0 Å². The van der Waals surface area contributed by atoms with E-state index < -0.39 is 9.84 Å². The Morgan fingerprint density at radius 1 is 1.23 bits per heavy atom. The van der Waals surface area contributed by atoms with Crippen molar-refractivity contribution in [2.24, 2.45) is 0 Å². The first-order valence-corrected chi connectivity index (χ1v) is 12.7. The second-order valence-electron chi connectivity index (χ2n) is 8.17. The normalized spacial score (nSPS) is 18.0. The summed E-state index contributed by atoms with van der Waals surface area (Å²) in [5.74, 6) is 1.07. The molecule has 0 N–H and O–H groups in total. The molecule has 0 saturated carbocycles. The van der Waals surface area contributed by atoms with Gasteiger partial charge in [0, 0.05) is 11.6 Å². The van der Waals surface area contributed by atoms with Crippen LogP contribution in [0.3, 0.4) is 0 Å². The highest BCUT2D eigenvalue weighted by Crippen LogP contribution is 2.30. The van der Waals surface area contributed by atoms with Crippen molar-refractivity contribution >= 4 is 33.7 Å². The standard InChI is InChI=1S/C22H25ClN4O2S2/c1-15-8-9-16(2)20(12-15)27-21(18-6-4-5-7-19(18)23)24-26(22(27)30)14-25(3)17-10-11-31(28,29)13-17/h4-9,12,17H,10-11,13-14H2,1-3H3. The minimum Gasteiger partial charge on any atom is -0.283 e. The first-order valence-electron chi connectivity index (χ1n) is 10.1. The number of halogens is 1. The molecule has 6 nitrogen and oxygen atoms in total. The zero-order valence-corrected chi connectivity index (χ0v) is 20.1. The fourth-order valence-electron chi connectivity index (χ4n) is 3.94. The summed E-state index contributed by atoms with van der Waals surface area (Å²) in [6.45, 7) is 4.48. The lowest BCUT2D eigenvalue weighted by Crippen LogP contribution is -2.34. The van der Waals surface area contributed by atoms with Crippen LogP contribution in [0.4, 0.5) is 0 Å². The second kappa shape index (κ2) is 8.50. The third-order valence-electron chi connectivity index (χ3n) is 5.75. The summed E-state index contributed by atoms with van der Waals surface area (Å²) in [7, 11) is -1.05. The van der Waals surface area contributed by atoms with Gasteiger partial charge in [-0.1, -0.05) is 35.9 Å². The van der Waals surface area contributed by atoms with Crippen molar-refractivity contribution in [3.05, 3.63) is 63.4 Å². The number of aryl methyl sites for hydroxylation is 2. The van der Waals surface area contributed by atoms with E-state index in [4.69, 9.17) is 28.9 Å². The van der Waals surface area contributed by atoms with Crippen LogP contribution in [-0.4, -0.2) is 52.3 Å². The Morgan fingerprint density at radius 2 is 1.97 bits per heavy atom. The third kappa shape index (κ3) is 4.48. The molecule has 164 valence electrons. The molecule has 2 heterocycles. The number of hydrogen-bond donors (Lipinski definition) is 0. The van der Waals surface area contributed by atoms with Gasteiger partial charge in [0.15, 0.2) is 15.7 Å². The Balaban J connectivity index is 1.82. The van der Waals surface area contributed by atoms with E-state index in [9.17, 15) is 8.42 Å². The largest absolute Gasteiger partial charge is 0.283 e. The van der Waals surface area contributed by atoms with Gasteiger partial charge in [0.25, 0.3) is 0 Å². The average Bonchev–Trinajstić information content (AvgIpc) is 3.24. The van der Waals surface area contributed by atoms with Gasteiger partial charge in [-0.05, 0) is 68.9 Å². The molecule has 1 aromatic heterocycles. The van der Waals surface area contributed by atoms with Gasteiger partial charge in [0.2, 0.25) is 4.77 Å². The van der Waals surface area contributed by atoms with Crippen LogP contribution in [0.15, 0.2) is 42.5 Å². The highest BCUT2D eigenvalue weighted by molar-refractivity contribution is 7.91. The summed E-state index contributed by atoms with van der Waals surface area (Å²) in [4.78, 5) is 2.01. The lowest BCUT2D eigenvalue weighted by molar-refractivity contribution is 0.196. The molecule has 4 rings (SSSR count). The van der Waals surface area contributed by atoms with E-state index >= 15 is 0 Å². The quantitative estimate of drug-likeness (QED) is 0.510. The molecule has 1 fully saturated rings. The SMILES string of the molecule is Cc1ccc(C)c(-n2c(-c3ccccc3Cl)nn(CN(C)C3CCS(=O)(=O)C3)c2=S)c1. The Kier molecular flexibility index (Phi) is 6.09. The summed E-state index contributed by atoms with van der Waals surface area (Å²) < 4.78 is 28.1. The maximum absolute atomic E-state index is 11.9. The maximum atomic E-state index is 11.9. The number of nitrogens with zero attached hydrogens (tertiary/aromatic N) is 4. The zero-order valence-electron chi connectivity index (χ0n) is 17.7. The van der Waals surface area contributed by atoms with Gasteiger partial charge < -0.3 is 0 Å². The molecule has 1 aliphatic rings. The molecule has 1 saturated heterocycles. The van der Waals surface area contributed by atoms with Crippen LogP contribution < -0.4 is 0 Å². The van der Waals surface area contributed by atoms with Crippen molar-refractivity contribution in [3.63, 3.8) is 0 Å². The number of rotatable bonds is 5. The molecule has 9 heteroatoms. The van der Waals surface area contributed by atoms with Crippen LogP contribution in [-0.2, 0) is 16.5 Å². The van der Waals surface area contributed by atoms with Crippen molar-refractivity contribution < 1.29 is 8.42 Å². The fourth-order valence-corrected chi connectivity index (χ4v) is 6.25. The molecular formula is C22H25ClN4O2S2. The Hall–Kier alpha value is -2.00. The minimum atomic E-state index is -2.97. The third-order valence-corrected chi connectivity index (χ3v) is 8.22. The number of benzene rings is 2. The molecule has 2 aromatic carbocycles. The lowest BCUT2D eigenvalue weighted by Gasteiger charge is -2.22. The predicted octanol–water partition coefficient (Wildman–Crippen LogP) is 4.42. The van der Waals surface area contributed by atoms with Crippen LogP contribution in [0.1, 0.15) is 17.5 Å². The van der Waals surface area contributed by atoms with Crippen LogP contribution in [0.2, 0.25) is 5.02 Å². The molecule has 1 aliphatic heterocycles. The molecule has 0 bridgehead atoms. The second-order valence-corrected chi connectivity index (χ2v) is 11.2. The molecule has 0 aliphatic carbocycles. The van der Waals surface area contributed by atoms with Gasteiger partial charge in [-0.3, -0.25) is 9.47 Å². The number of hydrogen-bond acceptors (Lipinski definition) is 5. The smallest absolute Gasteiger partial charge is 0.204 e. The summed E-state index contributed by atoms with van der Waals surface area (Å²) in [5.41, 5.74) is 3.94. The Morgan fingerprint density at radius 3 is 2.65 bits per heavy atom. The van der Waals surface area contributed by atoms with Crippen molar-refractivity contribution in [1.82, 2.24) is 19.2 Å². The molecule has 0 amide bonds. The predicted molar refractivity (Wildman–Crippen MR) is 127 cm³/mol. The molecule has 0 radical (unpaired) electrons. The number of aromatic nitrogens is 3. The summed E-state index contributed by atoms with van der Waals surface area (Å²) in [5, 5.41) is 5.43. The summed E-state index contributed by atoms with van der Waals surface area (Å²) in [6, 6.07) is 13.7. The Labute approximate surface area is 193 Å². The monoisotopic (exact) mass is 476 g/mol. The number of sulfone groups is 1.